The molecule has 0 heterocycles. The van der Waals surface area contributed by atoms with Gasteiger partial charge < -0.3 is 9.47 Å². The Hall–Kier alpha value is -1.55. The summed E-state index contributed by atoms with van der Waals surface area (Å²) in [6, 6.07) is 8.36. The molecule has 5 nitrogen and oxygen atoms in total. The Kier molecular flexibility index (Phi) is 5.12. The number of methoxy groups -OCH3 is 2. The smallest absolute Gasteiger partial charge is 0.262 e. The predicted octanol–water partition coefficient (Wildman–Crippen LogP) is 3.25. The van der Waals surface area contributed by atoms with Crippen LogP contribution in [0.5, 0.6) is 11.5 Å². The molecule has 8 heteroatoms. The number of anilines is 1. The van der Waals surface area contributed by atoms with Crippen molar-refractivity contribution >= 4 is 38.3 Å². The van der Waals surface area contributed by atoms with Crippen molar-refractivity contribution in [2.45, 2.75) is 4.90 Å². The molecule has 0 amide bonds. The summed E-state index contributed by atoms with van der Waals surface area (Å²) in [4.78, 5) is -0.0527. The predicted molar refractivity (Wildman–Crippen MR) is 89.5 cm³/mol. The minimum atomic E-state index is -3.93. The van der Waals surface area contributed by atoms with E-state index in [0.29, 0.717) is 9.32 Å². The number of benzene rings is 2. The van der Waals surface area contributed by atoms with Crippen LogP contribution in [0.15, 0.2) is 41.3 Å². The summed E-state index contributed by atoms with van der Waals surface area (Å²) in [5, 5.41) is 0. The van der Waals surface area contributed by atoms with E-state index >= 15 is 0 Å². The molecule has 0 saturated heterocycles. The maximum absolute atomic E-state index is 13.8. The van der Waals surface area contributed by atoms with Crippen LogP contribution in [0.3, 0.4) is 0 Å². The third-order valence-corrected chi connectivity index (χ3v) is 4.87. The van der Waals surface area contributed by atoms with Crippen molar-refractivity contribution in [3.8, 4) is 11.5 Å². The van der Waals surface area contributed by atoms with Gasteiger partial charge in [0.15, 0.2) is 11.5 Å². The normalized spacial score (nSPS) is 11.1. The van der Waals surface area contributed by atoms with E-state index in [9.17, 15) is 12.8 Å². The highest BCUT2D eigenvalue weighted by Gasteiger charge is 2.18. The Morgan fingerprint density at radius 2 is 1.73 bits per heavy atom. The summed E-state index contributed by atoms with van der Waals surface area (Å²) in [5.41, 5.74) is -0.116. The summed E-state index contributed by atoms with van der Waals surface area (Å²) in [5.74, 6) is 0.0336. The molecule has 0 aromatic heterocycles. The first-order chi connectivity index (χ1) is 10.4. The van der Waals surface area contributed by atoms with Gasteiger partial charge in [-0.15, -0.1) is 0 Å². The topological polar surface area (TPSA) is 64.6 Å². The van der Waals surface area contributed by atoms with Crippen LogP contribution in [-0.2, 0) is 10.0 Å². The molecule has 0 fully saturated rings. The van der Waals surface area contributed by atoms with E-state index in [2.05, 4.69) is 4.72 Å². The lowest BCUT2D eigenvalue weighted by Gasteiger charge is -2.12. The van der Waals surface area contributed by atoms with Gasteiger partial charge in [0.2, 0.25) is 0 Å². The van der Waals surface area contributed by atoms with Crippen LogP contribution in [0.2, 0.25) is 0 Å². The molecule has 0 unspecified atom stereocenters. The van der Waals surface area contributed by atoms with Crippen molar-refractivity contribution in [2.75, 3.05) is 18.9 Å². The van der Waals surface area contributed by atoms with Gasteiger partial charge in [-0.1, -0.05) is 0 Å². The van der Waals surface area contributed by atoms with E-state index in [1.165, 1.54) is 44.6 Å². The molecule has 0 aliphatic heterocycles. The van der Waals surface area contributed by atoms with Crippen molar-refractivity contribution in [2.24, 2.45) is 0 Å². The van der Waals surface area contributed by atoms with Crippen molar-refractivity contribution in [3.05, 3.63) is 45.8 Å². The van der Waals surface area contributed by atoms with E-state index in [1.54, 1.807) is 6.07 Å². The second-order valence-electron chi connectivity index (χ2n) is 4.25. The Morgan fingerprint density at radius 3 is 2.32 bits per heavy atom. The van der Waals surface area contributed by atoms with Crippen LogP contribution in [0.4, 0.5) is 10.1 Å². The van der Waals surface area contributed by atoms with Crippen molar-refractivity contribution in [1.82, 2.24) is 0 Å². The summed E-state index contributed by atoms with van der Waals surface area (Å²) in [6.45, 7) is 0. The van der Waals surface area contributed by atoms with E-state index in [0.717, 1.165) is 0 Å². The molecule has 0 atom stereocenters. The van der Waals surface area contributed by atoms with Crippen LogP contribution in [-0.4, -0.2) is 22.6 Å². The first-order valence-electron chi connectivity index (χ1n) is 6.07. The monoisotopic (exact) mass is 437 g/mol. The van der Waals surface area contributed by atoms with Crippen LogP contribution < -0.4 is 14.2 Å². The number of nitrogens with one attached hydrogen (secondary N) is 1. The zero-order valence-corrected chi connectivity index (χ0v) is 14.7. The molecular weight excluding hydrogens is 424 g/mol. The number of rotatable bonds is 5. The first-order valence-corrected chi connectivity index (χ1v) is 8.63. The highest BCUT2D eigenvalue weighted by molar-refractivity contribution is 14.1. The fourth-order valence-corrected chi connectivity index (χ4v) is 3.30. The maximum Gasteiger partial charge on any atom is 0.262 e. The number of halogens is 2. The number of hydrogen-bond donors (Lipinski definition) is 1. The zero-order valence-electron chi connectivity index (χ0n) is 11.8. The minimum absolute atomic E-state index is 0.0527. The van der Waals surface area contributed by atoms with Crippen LogP contribution >= 0.6 is 22.6 Å². The van der Waals surface area contributed by atoms with Gasteiger partial charge in [-0.05, 0) is 52.9 Å². The Labute approximate surface area is 141 Å². The summed E-state index contributed by atoms with van der Waals surface area (Å²) < 4.78 is 51.5. The van der Waals surface area contributed by atoms with Gasteiger partial charge in [0, 0.05) is 9.64 Å². The van der Waals surface area contributed by atoms with E-state index < -0.39 is 15.8 Å². The number of ether oxygens (including phenoxy) is 2. The van der Waals surface area contributed by atoms with Gasteiger partial charge in [-0.3, -0.25) is 4.72 Å². The molecule has 2 aromatic rings. The summed E-state index contributed by atoms with van der Waals surface area (Å²) >= 11 is 1.94. The number of hydrogen-bond acceptors (Lipinski definition) is 4. The lowest BCUT2D eigenvalue weighted by molar-refractivity contribution is 0.354. The molecular formula is C14H13FINO4S. The highest BCUT2D eigenvalue weighted by Crippen LogP contribution is 2.30. The van der Waals surface area contributed by atoms with Gasteiger partial charge >= 0.3 is 0 Å². The maximum atomic E-state index is 13.8. The van der Waals surface area contributed by atoms with Gasteiger partial charge in [0.25, 0.3) is 10.0 Å². The lowest BCUT2D eigenvalue weighted by atomic mass is 10.3. The molecule has 2 rings (SSSR count). The molecule has 0 saturated carbocycles. The van der Waals surface area contributed by atoms with Gasteiger partial charge in [-0.2, -0.15) is 0 Å². The Morgan fingerprint density at radius 1 is 1.05 bits per heavy atom. The van der Waals surface area contributed by atoms with Gasteiger partial charge in [0.1, 0.15) is 5.82 Å². The van der Waals surface area contributed by atoms with Crippen molar-refractivity contribution in [3.63, 3.8) is 0 Å². The number of sulfonamides is 1. The second kappa shape index (κ2) is 6.69. The molecule has 0 spiro atoms. The fourth-order valence-electron chi connectivity index (χ4n) is 1.76. The largest absolute Gasteiger partial charge is 0.493 e. The average molecular weight is 437 g/mol. The lowest BCUT2D eigenvalue weighted by Crippen LogP contribution is -2.14. The molecule has 0 aliphatic carbocycles. The van der Waals surface area contributed by atoms with Crippen LogP contribution in [0.1, 0.15) is 0 Å². The first kappa shape index (κ1) is 16.8. The molecule has 2 aromatic carbocycles. The minimum Gasteiger partial charge on any atom is -0.493 e. The second-order valence-corrected chi connectivity index (χ2v) is 7.17. The standard InChI is InChI=1S/C14H13FINO4S/c1-20-13-6-4-10(8-14(13)21-2)22(18,19)17-12-5-3-9(16)7-11(12)15/h3-8,17H,1-2H3. The third kappa shape index (κ3) is 3.61. The van der Waals surface area contributed by atoms with Crippen molar-refractivity contribution < 1.29 is 22.3 Å². The third-order valence-electron chi connectivity index (χ3n) is 2.84. The van der Waals surface area contributed by atoms with Crippen LogP contribution in [0, 0.1) is 9.39 Å². The van der Waals surface area contributed by atoms with E-state index in [-0.39, 0.29) is 16.3 Å². The Balaban J connectivity index is 2.38. The van der Waals surface area contributed by atoms with Crippen molar-refractivity contribution in [1.29, 1.82) is 0 Å². The van der Waals surface area contributed by atoms with Crippen LogP contribution in [0.25, 0.3) is 0 Å². The molecule has 1 N–H and O–H groups in total. The fraction of sp³-hybridized carbons (Fsp3) is 0.143. The van der Waals surface area contributed by atoms with Gasteiger partial charge in [-0.25, -0.2) is 12.8 Å². The SMILES string of the molecule is COc1ccc(S(=O)(=O)Nc2ccc(I)cc2F)cc1OC. The quantitative estimate of drug-likeness (QED) is 0.730. The summed E-state index contributed by atoms with van der Waals surface area (Å²) in [6.07, 6.45) is 0. The van der Waals surface area contributed by atoms with E-state index in [4.69, 9.17) is 9.47 Å². The highest BCUT2D eigenvalue weighted by atomic mass is 127. The Bertz CT molecular complexity index is 795. The van der Waals surface area contributed by atoms with Gasteiger partial charge in [0.05, 0.1) is 24.8 Å². The molecule has 0 bridgehead atoms. The molecule has 0 aliphatic rings. The molecule has 118 valence electrons. The summed E-state index contributed by atoms with van der Waals surface area (Å²) in [7, 11) is -1.08. The molecule has 0 radical (unpaired) electrons. The van der Waals surface area contributed by atoms with E-state index in [1.807, 2.05) is 22.6 Å². The molecule has 22 heavy (non-hydrogen) atoms. The average Bonchev–Trinajstić information content (AvgIpc) is 2.49. The zero-order chi connectivity index (χ0) is 16.3.